The van der Waals surface area contributed by atoms with E-state index in [1.54, 1.807) is 62.4 Å². The van der Waals surface area contributed by atoms with Gasteiger partial charge in [-0.3, -0.25) is 4.79 Å². The van der Waals surface area contributed by atoms with Crippen LogP contribution in [-0.2, 0) is 14.3 Å². The van der Waals surface area contributed by atoms with Crippen molar-refractivity contribution in [1.82, 2.24) is 0 Å². The van der Waals surface area contributed by atoms with Crippen LogP contribution in [0, 0.1) is 0 Å². The number of amides is 1. The molecule has 1 aliphatic heterocycles. The lowest BCUT2D eigenvalue weighted by molar-refractivity contribution is -0.145. The van der Waals surface area contributed by atoms with E-state index in [-0.39, 0.29) is 12.5 Å². The number of rotatable bonds is 6. The molecule has 1 aliphatic rings. The van der Waals surface area contributed by atoms with Gasteiger partial charge in [-0.25, -0.2) is 4.79 Å². The van der Waals surface area contributed by atoms with Crippen LogP contribution in [0.25, 0.3) is 6.08 Å². The van der Waals surface area contributed by atoms with Crippen LogP contribution in [0.5, 0.6) is 5.75 Å². The van der Waals surface area contributed by atoms with Gasteiger partial charge in [0.1, 0.15) is 5.75 Å². The number of hydrogen-bond donors (Lipinski definition) is 0. The van der Waals surface area contributed by atoms with Crippen LogP contribution in [0.15, 0.2) is 59.2 Å². The van der Waals surface area contributed by atoms with Gasteiger partial charge in [-0.15, -0.1) is 0 Å². The smallest absolute Gasteiger partial charge is 0.344 e. The Bertz CT molecular complexity index is 951. The first-order chi connectivity index (χ1) is 13.5. The van der Waals surface area contributed by atoms with Crippen LogP contribution < -0.4 is 9.75 Å². The van der Waals surface area contributed by atoms with E-state index in [0.717, 1.165) is 0 Å². The third-order valence-electron chi connectivity index (χ3n) is 4.00. The highest BCUT2D eigenvalue weighted by atomic mass is 35.5. The summed E-state index contributed by atoms with van der Waals surface area (Å²) in [6, 6.07) is 14.0. The van der Waals surface area contributed by atoms with Crippen molar-refractivity contribution in [3.8, 4) is 5.75 Å². The van der Waals surface area contributed by atoms with Crippen LogP contribution in [0.1, 0.15) is 19.4 Å². The van der Waals surface area contributed by atoms with Gasteiger partial charge in [-0.05, 0) is 50.3 Å². The second kappa shape index (κ2) is 8.71. The molecule has 0 atom stereocenters. The SMILES string of the molecule is CCOC(=O)COc1ccccc1C=C1C(=O)N(c2ccc(Cl)cc2)N=C1C. The van der Waals surface area contributed by atoms with E-state index >= 15 is 0 Å². The number of nitrogens with zero attached hydrogens (tertiary/aromatic N) is 2. The highest BCUT2D eigenvalue weighted by molar-refractivity contribution is 6.32. The van der Waals surface area contributed by atoms with Crippen molar-refractivity contribution in [2.24, 2.45) is 5.10 Å². The summed E-state index contributed by atoms with van der Waals surface area (Å²) in [6.45, 7) is 3.59. The fourth-order valence-corrected chi connectivity index (χ4v) is 2.79. The molecule has 0 aromatic heterocycles. The van der Waals surface area contributed by atoms with Gasteiger partial charge >= 0.3 is 5.97 Å². The maximum Gasteiger partial charge on any atom is 0.344 e. The first-order valence-corrected chi connectivity index (χ1v) is 9.12. The Morgan fingerprint density at radius 2 is 1.89 bits per heavy atom. The summed E-state index contributed by atoms with van der Waals surface area (Å²) in [5.41, 5.74) is 2.33. The molecule has 0 fully saturated rings. The molecule has 0 radical (unpaired) electrons. The predicted molar refractivity (Wildman–Crippen MR) is 109 cm³/mol. The van der Waals surface area contributed by atoms with E-state index in [1.807, 2.05) is 6.07 Å². The minimum Gasteiger partial charge on any atom is -0.481 e. The second-order valence-corrected chi connectivity index (χ2v) is 6.40. The first-order valence-electron chi connectivity index (χ1n) is 8.74. The molecule has 2 aromatic carbocycles. The summed E-state index contributed by atoms with van der Waals surface area (Å²) >= 11 is 5.91. The Balaban J connectivity index is 1.84. The molecule has 7 heteroatoms. The topological polar surface area (TPSA) is 68.2 Å². The summed E-state index contributed by atoms with van der Waals surface area (Å²) in [5, 5.41) is 6.27. The van der Waals surface area contributed by atoms with E-state index in [1.165, 1.54) is 5.01 Å². The van der Waals surface area contributed by atoms with Crippen molar-refractivity contribution in [2.75, 3.05) is 18.2 Å². The zero-order valence-electron chi connectivity index (χ0n) is 15.5. The summed E-state index contributed by atoms with van der Waals surface area (Å²) in [6.07, 6.45) is 1.71. The molecule has 28 heavy (non-hydrogen) atoms. The van der Waals surface area contributed by atoms with Crippen molar-refractivity contribution in [3.63, 3.8) is 0 Å². The molecule has 0 bridgehead atoms. The standard InChI is InChI=1S/C21H19ClN2O4/c1-3-27-20(25)13-28-19-7-5-4-6-15(19)12-18-14(2)23-24(21(18)26)17-10-8-16(22)9-11-17/h4-12H,3,13H2,1-2H3. The highest BCUT2D eigenvalue weighted by Gasteiger charge is 2.29. The molecule has 0 saturated heterocycles. The zero-order chi connectivity index (χ0) is 20.1. The van der Waals surface area contributed by atoms with E-state index in [9.17, 15) is 9.59 Å². The molecule has 2 aromatic rings. The number of halogens is 1. The molecule has 1 heterocycles. The fourth-order valence-electron chi connectivity index (χ4n) is 2.67. The van der Waals surface area contributed by atoms with Crippen molar-refractivity contribution in [1.29, 1.82) is 0 Å². The number of para-hydroxylation sites is 1. The first kappa shape index (κ1) is 19.6. The van der Waals surface area contributed by atoms with Crippen molar-refractivity contribution < 1.29 is 19.1 Å². The lowest BCUT2D eigenvalue weighted by atomic mass is 10.1. The van der Waals surface area contributed by atoms with Crippen molar-refractivity contribution >= 4 is 41.0 Å². The summed E-state index contributed by atoms with van der Waals surface area (Å²) in [5.74, 6) is -0.220. The Hall–Kier alpha value is -3.12. The Morgan fingerprint density at radius 3 is 2.61 bits per heavy atom. The molecule has 0 saturated carbocycles. The van der Waals surface area contributed by atoms with Gasteiger partial charge in [-0.1, -0.05) is 29.8 Å². The van der Waals surface area contributed by atoms with Crippen LogP contribution in [0.2, 0.25) is 5.02 Å². The van der Waals surface area contributed by atoms with E-state index in [2.05, 4.69) is 5.10 Å². The van der Waals surface area contributed by atoms with Gasteiger partial charge in [0, 0.05) is 10.6 Å². The fraction of sp³-hybridized carbons (Fsp3) is 0.190. The van der Waals surface area contributed by atoms with Gasteiger partial charge in [0.15, 0.2) is 6.61 Å². The Kier molecular flexibility index (Phi) is 6.11. The molecule has 0 N–H and O–H groups in total. The highest BCUT2D eigenvalue weighted by Crippen LogP contribution is 2.28. The van der Waals surface area contributed by atoms with Crippen LogP contribution in [-0.4, -0.2) is 30.8 Å². The summed E-state index contributed by atoms with van der Waals surface area (Å²) < 4.78 is 10.4. The second-order valence-electron chi connectivity index (χ2n) is 5.97. The molecule has 0 spiro atoms. The zero-order valence-corrected chi connectivity index (χ0v) is 16.3. The number of hydrazone groups is 1. The number of benzene rings is 2. The van der Waals surface area contributed by atoms with Gasteiger partial charge in [-0.2, -0.15) is 10.1 Å². The van der Waals surface area contributed by atoms with Crippen molar-refractivity contribution in [2.45, 2.75) is 13.8 Å². The largest absolute Gasteiger partial charge is 0.481 e. The van der Waals surface area contributed by atoms with E-state index < -0.39 is 5.97 Å². The Labute approximate surface area is 168 Å². The summed E-state index contributed by atoms with van der Waals surface area (Å²) in [7, 11) is 0. The summed E-state index contributed by atoms with van der Waals surface area (Å²) in [4.78, 5) is 24.4. The minimum atomic E-state index is -0.450. The van der Waals surface area contributed by atoms with Crippen LogP contribution >= 0.6 is 11.6 Å². The van der Waals surface area contributed by atoms with Crippen molar-refractivity contribution in [3.05, 3.63) is 64.7 Å². The van der Waals surface area contributed by atoms with Gasteiger partial charge in [0.2, 0.25) is 0 Å². The maximum absolute atomic E-state index is 12.9. The predicted octanol–water partition coefficient (Wildman–Crippen LogP) is 4.09. The molecule has 0 unspecified atom stereocenters. The Morgan fingerprint density at radius 1 is 1.18 bits per heavy atom. The third kappa shape index (κ3) is 4.40. The lowest BCUT2D eigenvalue weighted by Crippen LogP contribution is -2.21. The van der Waals surface area contributed by atoms with Crippen LogP contribution in [0.4, 0.5) is 5.69 Å². The molecule has 0 aliphatic carbocycles. The number of ether oxygens (including phenoxy) is 2. The number of hydrogen-bond acceptors (Lipinski definition) is 5. The van der Waals surface area contributed by atoms with E-state index in [0.29, 0.717) is 39.9 Å². The molecule has 144 valence electrons. The molecule has 3 rings (SSSR count). The maximum atomic E-state index is 12.9. The third-order valence-corrected chi connectivity index (χ3v) is 4.26. The molecule has 6 nitrogen and oxygen atoms in total. The van der Waals surface area contributed by atoms with Gasteiger partial charge < -0.3 is 9.47 Å². The number of carbonyl (C=O) groups excluding carboxylic acids is 2. The minimum absolute atomic E-state index is 0.202. The molecular formula is C21H19ClN2O4. The normalized spacial score (nSPS) is 15.0. The van der Waals surface area contributed by atoms with Gasteiger partial charge in [0.05, 0.1) is 23.6 Å². The van der Waals surface area contributed by atoms with Gasteiger partial charge in [0.25, 0.3) is 5.91 Å². The number of anilines is 1. The number of carbonyl (C=O) groups is 2. The molecule has 1 amide bonds. The molecular weight excluding hydrogens is 380 g/mol. The van der Waals surface area contributed by atoms with E-state index in [4.69, 9.17) is 21.1 Å². The number of esters is 1. The average molecular weight is 399 g/mol. The quantitative estimate of drug-likeness (QED) is 0.543. The monoisotopic (exact) mass is 398 g/mol. The average Bonchev–Trinajstić information content (AvgIpc) is 2.96. The van der Waals surface area contributed by atoms with Crippen LogP contribution in [0.3, 0.4) is 0 Å². The lowest BCUT2D eigenvalue weighted by Gasteiger charge is -2.12.